The molecule has 114 valence electrons. The number of hydrogen-bond donors (Lipinski definition) is 1. The number of halogens is 2. The largest absolute Gasteiger partial charge is 0.372 e. The van der Waals surface area contributed by atoms with E-state index in [1.54, 1.807) is 7.05 Å². The van der Waals surface area contributed by atoms with Gasteiger partial charge in [-0.25, -0.2) is 13.4 Å². The molecular weight excluding hydrogens is 398 g/mol. The fourth-order valence-electron chi connectivity index (χ4n) is 1.70. The highest BCUT2D eigenvalue weighted by Crippen LogP contribution is 2.26. The third-order valence-corrected chi connectivity index (χ3v) is 6.40. The minimum atomic E-state index is -3.63. The molecule has 0 aliphatic rings. The van der Waals surface area contributed by atoms with Crippen LogP contribution in [-0.2, 0) is 16.6 Å². The van der Waals surface area contributed by atoms with Crippen molar-refractivity contribution in [2.45, 2.75) is 11.4 Å². The first-order valence-electron chi connectivity index (χ1n) is 5.87. The lowest BCUT2D eigenvalue weighted by atomic mass is 10.3. The van der Waals surface area contributed by atoms with Crippen LogP contribution in [0, 0.1) is 0 Å². The molecule has 0 bridgehead atoms. The Labute approximate surface area is 141 Å². The van der Waals surface area contributed by atoms with Crippen LogP contribution in [0.25, 0.3) is 0 Å². The first kappa shape index (κ1) is 16.7. The molecule has 0 spiro atoms. The number of nitrogens with one attached hydrogen (secondary N) is 1. The maximum absolute atomic E-state index is 12.5. The molecule has 0 unspecified atom stereocenters. The van der Waals surface area contributed by atoms with Crippen molar-refractivity contribution in [2.75, 3.05) is 19.4 Å². The van der Waals surface area contributed by atoms with Gasteiger partial charge in [0, 0.05) is 26.8 Å². The number of anilines is 1. The molecule has 9 heteroatoms. The smallest absolute Gasteiger partial charge is 0.244 e. The molecule has 5 nitrogen and oxygen atoms in total. The van der Waals surface area contributed by atoms with Crippen molar-refractivity contribution >= 4 is 54.7 Å². The summed E-state index contributed by atoms with van der Waals surface area (Å²) in [6, 6.07) is 3.29. The van der Waals surface area contributed by atoms with Gasteiger partial charge >= 0.3 is 0 Å². The summed E-state index contributed by atoms with van der Waals surface area (Å²) in [6.07, 6.45) is 1.30. The van der Waals surface area contributed by atoms with Crippen LogP contribution in [0.15, 0.2) is 32.4 Å². The minimum absolute atomic E-state index is 0.0725. The molecule has 0 aromatic carbocycles. The number of sulfonamides is 1. The Hall–Kier alpha value is -0.670. The predicted molar refractivity (Wildman–Crippen MR) is 89.5 cm³/mol. The van der Waals surface area contributed by atoms with E-state index in [1.807, 2.05) is 11.4 Å². The van der Waals surface area contributed by atoms with Crippen LogP contribution in [0.1, 0.15) is 5.56 Å². The van der Waals surface area contributed by atoms with E-state index in [-0.39, 0.29) is 16.5 Å². The normalized spacial score (nSPS) is 11.9. The summed E-state index contributed by atoms with van der Waals surface area (Å²) >= 11 is 10.9. The molecular formula is C12H13BrClN3O2S2. The maximum atomic E-state index is 12.5. The van der Waals surface area contributed by atoms with Crippen LogP contribution in [0.2, 0.25) is 5.02 Å². The van der Waals surface area contributed by atoms with Gasteiger partial charge in [0.05, 0.1) is 8.81 Å². The van der Waals surface area contributed by atoms with E-state index < -0.39 is 10.0 Å². The van der Waals surface area contributed by atoms with Crippen molar-refractivity contribution in [2.24, 2.45) is 0 Å². The van der Waals surface area contributed by atoms with Crippen LogP contribution < -0.4 is 5.32 Å². The van der Waals surface area contributed by atoms with Crippen LogP contribution in [0.4, 0.5) is 5.82 Å². The number of nitrogens with zero attached hydrogens (tertiary/aromatic N) is 2. The van der Waals surface area contributed by atoms with Gasteiger partial charge in [0.15, 0.2) is 0 Å². The molecule has 2 heterocycles. The van der Waals surface area contributed by atoms with E-state index in [2.05, 4.69) is 26.2 Å². The van der Waals surface area contributed by atoms with Gasteiger partial charge in [-0.1, -0.05) is 11.6 Å². The average Bonchev–Trinajstić information content (AvgIpc) is 2.83. The van der Waals surface area contributed by atoms with Crippen molar-refractivity contribution < 1.29 is 8.42 Å². The summed E-state index contributed by atoms with van der Waals surface area (Å²) < 4.78 is 27.2. The molecule has 0 saturated heterocycles. The van der Waals surface area contributed by atoms with Gasteiger partial charge in [0.1, 0.15) is 10.7 Å². The highest BCUT2D eigenvalue weighted by molar-refractivity contribution is 9.11. The van der Waals surface area contributed by atoms with Crippen molar-refractivity contribution in [3.05, 3.63) is 38.1 Å². The highest BCUT2D eigenvalue weighted by atomic mass is 79.9. The van der Waals surface area contributed by atoms with Crippen molar-refractivity contribution in [1.82, 2.24) is 9.29 Å². The molecule has 2 rings (SSSR count). The van der Waals surface area contributed by atoms with Gasteiger partial charge in [0.2, 0.25) is 10.0 Å². The lowest BCUT2D eigenvalue weighted by Crippen LogP contribution is -2.26. The Bertz CT molecular complexity index is 749. The van der Waals surface area contributed by atoms with Crippen molar-refractivity contribution in [3.8, 4) is 0 Å². The predicted octanol–water partition coefficient (Wildman–Crippen LogP) is 3.42. The van der Waals surface area contributed by atoms with Crippen LogP contribution >= 0.6 is 38.9 Å². The Morgan fingerprint density at radius 1 is 1.48 bits per heavy atom. The van der Waals surface area contributed by atoms with E-state index in [0.717, 1.165) is 9.35 Å². The monoisotopic (exact) mass is 409 g/mol. The number of pyridine rings is 1. The summed E-state index contributed by atoms with van der Waals surface area (Å²) in [5, 5.41) is 4.97. The van der Waals surface area contributed by atoms with E-state index >= 15 is 0 Å². The van der Waals surface area contributed by atoms with E-state index in [4.69, 9.17) is 11.6 Å². The van der Waals surface area contributed by atoms with Gasteiger partial charge in [-0.05, 0) is 39.0 Å². The van der Waals surface area contributed by atoms with E-state index in [9.17, 15) is 8.42 Å². The van der Waals surface area contributed by atoms with Crippen LogP contribution in [-0.4, -0.2) is 31.8 Å². The zero-order valence-corrected chi connectivity index (χ0v) is 15.3. The SMILES string of the molecule is CNc1ncc(S(=O)(=O)N(C)Cc2csc(Br)c2)cc1Cl. The molecule has 21 heavy (non-hydrogen) atoms. The Kier molecular flexibility index (Phi) is 5.26. The number of aromatic nitrogens is 1. The third-order valence-electron chi connectivity index (χ3n) is 2.79. The molecule has 0 amide bonds. The first-order chi connectivity index (χ1) is 9.84. The molecule has 0 radical (unpaired) electrons. The molecule has 0 aliphatic heterocycles. The van der Waals surface area contributed by atoms with Crippen molar-refractivity contribution in [3.63, 3.8) is 0 Å². The topological polar surface area (TPSA) is 62.3 Å². The molecule has 2 aromatic rings. The molecule has 2 aromatic heterocycles. The molecule has 0 fully saturated rings. The van der Waals surface area contributed by atoms with E-state index in [1.165, 1.54) is 35.0 Å². The summed E-state index contributed by atoms with van der Waals surface area (Å²) in [5.41, 5.74) is 0.920. The van der Waals surface area contributed by atoms with Crippen LogP contribution in [0.3, 0.4) is 0 Å². The second-order valence-corrected chi connectivity index (χ2v) is 9.01. The molecule has 0 saturated carbocycles. The van der Waals surface area contributed by atoms with Crippen molar-refractivity contribution in [1.29, 1.82) is 0 Å². The summed E-state index contributed by atoms with van der Waals surface area (Å²) in [5.74, 6) is 0.444. The first-order valence-corrected chi connectivity index (χ1v) is 9.36. The second kappa shape index (κ2) is 6.62. The summed E-state index contributed by atoms with van der Waals surface area (Å²) in [7, 11) is -0.429. The number of hydrogen-bond acceptors (Lipinski definition) is 5. The van der Waals surface area contributed by atoms with Gasteiger partial charge in [0.25, 0.3) is 0 Å². The third kappa shape index (κ3) is 3.75. The fourth-order valence-corrected chi connectivity index (χ4v) is 4.35. The molecule has 0 aliphatic carbocycles. The van der Waals surface area contributed by atoms with E-state index in [0.29, 0.717) is 5.82 Å². The lowest BCUT2D eigenvalue weighted by molar-refractivity contribution is 0.467. The zero-order valence-electron chi connectivity index (χ0n) is 11.3. The molecule has 0 atom stereocenters. The number of rotatable bonds is 5. The quantitative estimate of drug-likeness (QED) is 0.820. The Balaban J connectivity index is 2.26. The van der Waals surface area contributed by atoms with Gasteiger partial charge in [-0.2, -0.15) is 4.31 Å². The average molecular weight is 411 g/mol. The minimum Gasteiger partial charge on any atom is -0.372 e. The summed E-state index contributed by atoms with van der Waals surface area (Å²) in [6.45, 7) is 0.288. The summed E-state index contributed by atoms with van der Waals surface area (Å²) in [4.78, 5) is 4.07. The highest BCUT2D eigenvalue weighted by Gasteiger charge is 2.22. The maximum Gasteiger partial charge on any atom is 0.244 e. The zero-order chi connectivity index (χ0) is 15.6. The van der Waals surface area contributed by atoms with Crippen LogP contribution in [0.5, 0.6) is 0 Å². The Morgan fingerprint density at radius 2 is 2.19 bits per heavy atom. The fraction of sp³-hybridized carbons (Fsp3) is 0.250. The van der Waals surface area contributed by atoms with Gasteiger partial charge in [-0.3, -0.25) is 0 Å². The lowest BCUT2D eigenvalue weighted by Gasteiger charge is -2.17. The number of thiophene rings is 1. The Morgan fingerprint density at radius 3 is 2.71 bits per heavy atom. The van der Waals surface area contributed by atoms with Gasteiger partial charge < -0.3 is 5.32 Å². The van der Waals surface area contributed by atoms with Gasteiger partial charge in [-0.15, -0.1) is 11.3 Å². The standard InChI is InChI=1S/C12H13BrClN3O2S2/c1-15-12-10(14)4-9(5-16-12)21(18,19)17(2)6-8-3-11(13)20-7-8/h3-5,7H,6H2,1-2H3,(H,15,16). The second-order valence-electron chi connectivity index (χ2n) is 4.27. The molecule has 1 N–H and O–H groups in total.